The van der Waals surface area contributed by atoms with E-state index in [2.05, 4.69) is 152 Å². The van der Waals surface area contributed by atoms with Gasteiger partial charge in [0.25, 0.3) is 0 Å². The van der Waals surface area contributed by atoms with Crippen molar-refractivity contribution in [2.24, 2.45) is 45.3 Å². The number of amides is 4. The smallest absolute Gasteiger partial charge is 0.417 e. The number of anilines is 3. The quantitative estimate of drug-likeness (QED) is 0.0355. The fourth-order valence-electron chi connectivity index (χ4n) is 20.8. The highest BCUT2D eigenvalue weighted by atomic mass is 35.5. The first-order valence-electron chi connectivity index (χ1n) is 48.2. The molecule has 4 atom stereocenters. The van der Waals surface area contributed by atoms with Gasteiger partial charge in [-0.1, -0.05) is 226 Å². The Morgan fingerprint density at radius 3 is 1.25 bits per heavy atom. The van der Waals surface area contributed by atoms with Gasteiger partial charge in [0.15, 0.2) is 0 Å². The number of nitrogens with zero attached hydrogens (tertiary/aromatic N) is 5. The molecule has 0 saturated heterocycles. The maximum Gasteiger partial charge on any atom is 0.417 e. The molecule has 139 heavy (non-hydrogen) atoms. The minimum absolute atomic E-state index is 0.0245. The number of hydrogen-bond acceptors (Lipinski definition) is 11. The van der Waals surface area contributed by atoms with Gasteiger partial charge < -0.3 is 34.8 Å². The molecular weight excluding hydrogens is 1850 g/mol. The van der Waals surface area contributed by atoms with Gasteiger partial charge in [0.2, 0.25) is 23.6 Å². The number of aryl methyl sites for hydroxylation is 3. The highest BCUT2D eigenvalue weighted by molar-refractivity contribution is 6.32. The molecule has 7 aromatic rings. The largest absolute Gasteiger partial charge is 0.481 e. The molecule has 4 amide bonds. The molecule has 15 rings (SSSR count). The van der Waals surface area contributed by atoms with Gasteiger partial charge in [0.1, 0.15) is 5.82 Å². The number of benzene rings is 6. The van der Waals surface area contributed by atoms with Crippen LogP contribution in [-0.4, -0.2) is 111 Å². The Balaban J connectivity index is 0.000000178. The number of allylic oxidation sites excluding steroid dienone is 2. The fraction of sp³-hybridized carbons (Fsp3) is 0.496. The number of carbonyl (C=O) groups excluding carboxylic acids is 4. The van der Waals surface area contributed by atoms with Crippen LogP contribution < -0.4 is 14.7 Å². The van der Waals surface area contributed by atoms with E-state index >= 15 is 0 Å². The molecule has 4 aliphatic heterocycles. The molecule has 748 valence electrons. The molecule has 1 aromatic heterocycles. The van der Waals surface area contributed by atoms with Crippen molar-refractivity contribution in [1.29, 1.82) is 0 Å². The summed E-state index contributed by atoms with van der Waals surface area (Å²) in [6, 6.07) is 36.9. The number of rotatable bonds is 28. The fourth-order valence-corrected chi connectivity index (χ4v) is 22.0. The van der Waals surface area contributed by atoms with Crippen molar-refractivity contribution >= 4 is 111 Å². The van der Waals surface area contributed by atoms with Crippen LogP contribution in [0.3, 0.4) is 0 Å². The zero-order valence-corrected chi connectivity index (χ0v) is 87.3. The molecule has 5 heterocycles. The Morgan fingerprint density at radius 2 is 0.863 bits per heavy atom. The summed E-state index contributed by atoms with van der Waals surface area (Å²) in [6.45, 7) is 41.9. The zero-order chi connectivity index (χ0) is 103. The minimum atomic E-state index is -4.88. The third-order valence-corrected chi connectivity index (χ3v) is 31.2. The van der Waals surface area contributed by atoms with Crippen LogP contribution in [0.25, 0.3) is 0 Å². The predicted molar refractivity (Wildman–Crippen MR) is 546 cm³/mol. The lowest BCUT2D eigenvalue weighted by atomic mass is 9.63. The molecule has 0 spiro atoms. The molecule has 19 nitrogen and oxygen atoms in total. The van der Waals surface area contributed by atoms with Gasteiger partial charge in [0.05, 0.1) is 27.7 Å². The molecule has 4 saturated carbocycles. The van der Waals surface area contributed by atoms with Crippen LogP contribution in [0.15, 0.2) is 181 Å². The number of aromatic carboxylic acids is 3. The number of hydrogen-bond donors (Lipinski definition) is 4. The SMILES string of the molecule is CC(C)C1=CN(c2ccc(C(=O)O)c(C(F)(F)F)c2)C(=O)C[C@@]1(C)c1ccc(CCC(C)(C)C)c(Cl)c1.CC(C)C1=CN(c2ccc(C(=O)O)cn2)C(=O)C[C@@]1(C)c1ccc(CCC(C)(C)C)c(Cl)c1.COCCC1=CN(C23CCC(C(=O)O)(C2)C3)C(=O)C[C@@]1(C)c1ccc(CCC(C)(C)C)c(Cl)c1.COCCC1=CN(c2ccc(C(=O)O)cc2)C(=O)C[C@@]1(C)c1ccc(C2CC(C(C)C)C2)c(Cl)c1. The summed E-state index contributed by atoms with van der Waals surface area (Å²) in [7, 11) is 3.36. The number of alkyl halides is 3. The van der Waals surface area contributed by atoms with E-state index in [9.17, 15) is 66.8 Å². The molecule has 6 aromatic carbocycles. The Bertz CT molecular complexity index is 5910. The number of carboxylic acids is 4. The number of ether oxygens (including phenoxy) is 2. The highest BCUT2D eigenvalue weighted by Gasteiger charge is 2.68. The third kappa shape index (κ3) is 24.9. The summed E-state index contributed by atoms with van der Waals surface area (Å²) in [4.78, 5) is 109. The van der Waals surface area contributed by atoms with Crippen molar-refractivity contribution in [2.45, 2.75) is 286 Å². The van der Waals surface area contributed by atoms with Crippen LogP contribution >= 0.6 is 46.4 Å². The number of carboxylic acid groups (broad SMARTS) is 4. The second kappa shape index (κ2) is 43.1. The van der Waals surface area contributed by atoms with Gasteiger partial charge in [0, 0.05) is 143 Å². The average Bonchev–Trinajstić information content (AvgIpc) is 1.53. The highest BCUT2D eigenvalue weighted by Crippen LogP contribution is 2.66. The number of fused-ring (bicyclic) bond motifs is 1. The van der Waals surface area contributed by atoms with E-state index in [0.717, 1.165) is 139 Å². The Labute approximate surface area is 838 Å². The lowest BCUT2D eigenvalue weighted by Gasteiger charge is -2.53. The maximum atomic E-state index is 13.6. The summed E-state index contributed by atoms with van der Waals surface area (Å²) < 4.78 is 51.6. The van der Waals surface area contributed by atoms with Crippen LogP contribution in [0.1, 0.15) is 315 Å². The molecule has 4 fully saturated rings. The molecule has 26 heteroatoms. The van der Waals surface area contributed by atoms with Gasteiger partial charge >= 0.3 is 30.1 Å². The predicted octanol–water partition coefficient (Wildman–Crippen LogP) is 27.8. The monoisotopic (exact) mass is 1990 g/mol. The van der Waals surface area contributed by atoms with E-state index in [0.29, 0.717) is 80.1 Å². The van der Waals surface area contributed by atoms with Gasteiger partial charge in [-0.15, -0.1) is 0 Å². The third-order valence-electron chi connectivity index (χ3n) is 29.8. The van der Waals surface area contributed by atoms with Crippen molar-refractivity contribution in [3.8, 4) is 0 Å². The van der Waals surface area contributed by atoms with Crippen molar-refractivity contribution in [1.82, 2.24) is 9.88 Å². The molecule has 4 N–H and O–H groups in total. The first-order chi connectivity index (χ1) is 64.7. The van der Waals surface area contributed by atoms with E-state index in [1.165, 1.54) is 58.7 Å². The van der Waals surface area contributed by atoms with Crippen LogP contribution in [0.5, 0.6) is 0 Å². The van der Waals surface area contributed by atoms with Gasteiger partial charge in [-0.05, 0) is 281 Å². The van der Waals surface area contributed by atoms with Gasteiger partial charge in [-0.2, -0.15) is 13.2 Å². The van der Waals surface area contributed by atoms with Crippen molar-refractivity contribution in [3.05, 3.63) is 268 Å². The molecule has 0 unspecified atom stereocenters. The Hall–Kier alpha value is -9.94. The van der Waals surface area contributed by atoms with E-state index in [4.69, 9.17) is 61.0 Å². The summed E-state index contributed by atoms with van der Waals surface area (Å²) in [5.74, 6) is -2.36. The first-order valence-corrected chi connectivity index (χ1v) is 49.7. The number of pyridine rings is 1. The topological polar surface area (TPSA) is 262 Å². The first kappa shape index (κ1) is 109. The molecular formula is C113H138Cl4F3N5O14. The standard InChI is InChI=1S/C29H33ClF3NO3.C29H34ClNO4.C28H38ClNO4.C27H33ClN2O3/c1-17(2)23-16-34(20-9-10-21(26(36)37)22(14-20)29(31,32)33)25(35)15-28(23,6)19-8-7-18(24(30)13-19)11-12-27(3,4)5;1-18(2)20-13-21(14-20)25-10-7-22(15-26(25)30)29(3)16-27(32)31(17-23(29)11-12-35-4)24-8-5-19(6-9-24)28(33)34;1-25(2,3)10-8-19-6-7-20(14-22(19)29)26(4)15-23(31)30(16-21(26)9-13-34-5)28-12-11-27(17-28,18-28)24(32)33;1-17(2)21-16-30(23-10-8-19(15-29-23)25(32)33)24(31)14-27(21,6)20-9-7-18(22(28)13-20)11-12-26(3,4)5/h7-10,13-14,16-17H,11-12,15H2,1-6H3,(H,36,37);5-10,15,17-18,20-21H,11-14,16H2,1-4H3,(H,33,34);6-7,14,16H,8-13,15,17-18H2,1-5H3,(H,32,33);7-10,13,15-17H,11-12,14H2,1-6H3,(H,32,33)/t28-;20?,21?,29-;26-,27?,28?;27-/m0000/s1. The number of aromatic nitrogens is 1. The summed E-state index contributed by atoms with van der Waals surface area (Å²) in [5.41, 5.74) is 8.86. The van der Waals surface area contributed by atoms with Crippen LogP contribution in [0.2, 0.25) is 20.1 Å². The van der Waals surface area contributed by atoms with E-state index < -0.39 is 74.2 Å². The normalized spacial score (nSPS) is 23.2. The van der Waals surface area contributed by atoms with E-state index in [1.54, 1.807) is 43.5 Å². The second-order valence-corrected chi connectivity index (χ2v) is 46.3. The number of carbonyl (C=O) groups is 8. The molecule has 4 aliphatic carbocycles. The minimum Gasteiger partial charge on any atom is -0.481 e. The van der Waals surface area contributed by atoms with E-state index in [1.807, 2.05) is 80.7 Å². The molecule has 8 aliphatic rings. The van der Waals surface area contributed by atoms with Crippen LogP contribution in [0, 0.1) is 45.3 Å². The van der Waals surface area contributed by atoms with Crippen LogP contribution in [-0.2, 0) is 80.5 Å². The summed E-state index contributed by atoms with van der Waals surface area (Å²) >= 11 is 26.9. The van der Waals surface area contributed by atoms with E-state index in [-0.39, 0.29) is 87.4 Å². The molecule has 0 radical (unpaired) electrons. The average molecular weight is 1990 g/mol. The van der Waals surface area contributed by atoms with Crippen LogP contribution in [0.4, 0.5) is 30.4 Å². The summed E-state index contributed by atoms with van der Waals surface area (Å²) in [6.07, 6.45) is 16.7. The van der Waals surface area contributed by atoms with Gasteiger partial charge in [-0.3, -0.25) is 38.7 Å². The maximum absolute atomic E-state index is 13.6. The lowest BCUT2D eigenvalue weighted by molar-refractivity contribution is -0.161. The van der Waals surface area contributed by atoms with Crippen molar-refractivity contribution < 1.29 is 81.4 Å². The second-order valence-electron chi connectivity index (χ2n) is 44.6. The number of halogens is 7. The zero-order valence-electron chi connectivity index (χ0n) is 84.3. The van der Waals surface area contributed by atoms with Crippen molar-refractivity contribution in [3.63, 3.8) is 0 Å². The number of methoxy groups -OCH3 is 2. The van der Waals surface area contributed by atoms with Gasteiger partial charge in [-0.25, -0.2) is 19.4 Å². The Kier molecular flexibility index (Phi) is 33.9. The Morgan fingerprint density at radius 1 is 0.460 bits per heavy atom. The van der Waals surface area contributed by atoms with Crippen molar-refractivity contribution in [2.75, 3.05) is 42.1 Å². The summed E-state index contributed by atoms with van der Waals surface area (Å²) in [5, 5.41) is 40.1. The number of aliphatic carboxylic acids is 1. The molecule has 2 bridgehead atoms. The lowest BCUT2D eigenvalue weighted by Crippen LogP contribution is -2.60.